The van der Waals surface area contributed by atoms with Gasteiger partial charge in [-0.2, -0.15) is 0 Å². The number of carbonyl (C=O) groups excluding carboxylic acids is 2. The number of rotatable bonds is 7. The van der Waals surface area contributed by atoms with E-state index >= 15 is 0 Å². The molecule has 0 aliphatic heterocycles. The lowest BCUT2D eigenvalue weighted by Crippen LogP contribution is -2.50. The minimum atomic E-state index is -0.392. The molecule has 0 aromatic rings. The normalized spacial score (nSPS) is 21.6. The number of imide groups is 1. The zero-order valence-corrected chi connectivity index (χ0v) is 15.7. The van der Waals surface area contributed by atoms with Gasteiger partial charge in [-0.3, -0.25) is 15.0 Å². The van der Waals surface area contributed by atoms with Crippen LogP contribution in [0, 0.1) is 11.3 Å². The number of aliphatic hydroxyl groups excluding tert-OH is 1. The van der Waals surface area contributed by atoms with Crippen molar-refractivity contribution in [2.45, 2.75) is 65.8 Å². The Labute approximate surface area is 146 Å². The summed E-state index contributed by atoms with van der Waals surface area (Å²) in [5.41, 5.74) is 0.0511. The van der Waals surface area contributed by atoms with Crippen LogP contribution in [0.5, 0.6) is 0 Å². The van der Waals surface area contributed by atoms with Crippen LogP contribution in [0.25, 0.3) is 0 Å². The summed E-state index contributed by atoms with van der Waals surface area (Å²) in [6.07, 6.45) is 5.07. The second-order valence-electron chi connectivity index (χ2n) is 8.24. The number of amides is 3. The molecule has 0 heterocycles. The van der Waals surface area contributed by atoms with Crippen molar-refractivity contribution in [3.05, 3.63) is 0 Å². The van der Waals surface area contributed by atoms with Crippen molar-refractivity contribution in [3.63, 3.8) is 0 Å². The first kappa shape index (κ1) is 20.9. The molecular formula is C18H35N3O3. The minimum Gasteiger partial charge on any atom is -0.396 e. The Morgan fingerprint density at radius 3 is 2.46 bits per heavy atom. The fourth-order valence-electron chi connectivity index (χ4n) is 3.28. The van der Waals surface area contributed by atoms with Gasteiger partial charge in [0.25, 0.3) is 0 Å². The first-order valence-corrected chi connectivity index (χ1v) is 9.15. The average Bonchev–Trinajstić information content (AvgIpc) is 2.45. The van der Waals surface area contributed by atoms with Crippen LogP contribution < -0.4 is 10.6 Å². The van der Waals surface area contributed by atoms with E-state index in [1.807, 2.05) is 4.90 Å². The molecule has 3 N–H and O–H groups in total. The van der Waals surface area contributed by atoms with Gasteiger partial charge in [-0.05, 0) is 30.6 Å². The maximum Gasteiger partial charge on any atom is 0.321 e. The van der Waals surface area contributed by atoms with Crippen LogP contribution in [-0.4, -0.2) is 54.2 Å². The summed E-state index contributed by atoms with van der Waals surface area (Å²) in [4.78, 5) is 26.2. The van der Waals surface area contributed by atoms with E-state index in [1.54, 1.807) is 0 Å². The number of nitrogens with zero attached hydrogens (tertiary/aromatic N) is 1. The molecule has 6 nitrogen and oxygen atoms in total. The topological polar surface area (TPSA) is 81.7 Å². The highest BCUT2D eigenvalue weighted by Gasteiger charge is 2.24. The van der Waals surface area contributed by atoms with Gasteiger partial charge in [0, 0.05) is 25.7 Å². The molecule has 0 aromatic heterocycles. The molecule has 2 atom stereocenters. The van der Waals surface area contributed by atoms with Gasteiger partial charge in [0.15, 0.2) is 0 Å². The minimum absolute atomic E-state index is 0.0511. The lowest BCUT2D eigenvalue weighted by Gasteiger charge is -2.30. The number of nitrogens with one attached hydrogen (secondary N) is 2. The van der Waals surface area contributed by atoms with Crippen LogP contribution in [0.2, 0.25) is 0 Å². The summed E-state index contributed by atoms with van der Waals surface area (Å²) >= 11 is 0. The van der Waals surface area contributed by atoms with Gasteiger partial charge >= 0.3 is 6.03 Å². The second kappa shape index (κ2) is 9.99. The third-order valence-corrected chi connectivity index (χ3v) is 4.38. The molecule has 140 valence electrons. The highest BCUT2D eigenvalue weighted by molar-refractivity contribution is 5.95. The van der Waals surface area contributed by atoms with E-state index in [4.69, 9.17) is 5.11 Å². The lowest BCUT2D eigenvalue weighted by atomic mass is 9.86. The third-order valence-electron chi connectivity index (χ3n) is 4.38. The Bertz CT molecular complexity index is 407. The fourth-order valence-corrected chi connectivity index (χ4v) is 3.28. The molecule has 1 saturated carbocycles. The van der Waals surface area contributed by atoms with E-state index < -0.39 is 6.03 Å². The number of carbonyl (C=O) groups is 2. The summed E-state index contributed by atoms with van der Waals surface area (Å²) in [6.45, 7) is 10.1. The zero-order chi connectivity index (χ0) is 18.2. The Morgan fingerprint density at radius 1 is 1.21 bits per heavy atom. The SMILES string of the molecule is CC1CCCCC1NC(=O)NC(=O)CN(CCCO)CC(C)(C)C. The fraction of sp³-hybridized carbons (Fsp3) is 0.889. The standard InChI is InChI=1S/C18H35N3O3/c1-14-8-5-6-9-15(14)19-17(24)20-16(23)12-21(10-7-11-22)13-18(2,3)4/h14-15,22H,5-13H2,1-4H3,(H2,19,20,23,24). The summed E-state index contributed by atoms with van der Waals surface area (Å²) in [7, 11) is 0. The molecule has 0 bridgehead atoms. The molecule has 3 amide bonds. The summed E-state index contributed by atoms with van der Waals surface area (Å²) in [5.74, 6) is 0.166. The number of hydrogen-bond donors (Lipinski definition) is 3. The van der Waals surface area contributed by atoms with Gasteiger partial charge < -0.3 is 10.4 Å². The number of aliphatic hydroxyl groups is 1. The molecule has 6 heteroatoms. The van der Waals surface area contributed by atoms with E-state index in [2.05, 4.69) is 38.3 Å². The van der Waals surface area contributed by atoms with E-state index in [0.717, 1.165) is 25.8 Å². The predicted molar refractivity (Wildman–Crippen MR) is 95.7 cm³/mol. The Kier molecular flexibility index (Phi) is 8.70. The summed E-state index contributed by atoms with van der Waals surface area (Å²) in [6, 6.07) is -0.233. The smallest absolute Gasteiger partial charge is 0.321 e. The van der Waals surface area contributed by atoms with E-state index in [9.17, 15) is 9.59 Å². The summed E-state index contributed by atoms with van der Waals surface area (Å²) in [5, 5.41) is 14.4. The van der Waals surface area contributed by atoms with E-state index in [-0.39, 0.29) is 30.5 Å². The van der Waals surface area contributed by atoms with Crippen LogP contribution in [0.15, 0.2) is 0 Å². The van der Waals surface area contributed by atoms with Gasteiger partial charge in [0.1, 0.15) is 0 Å². The van der Waals surface area contributed by atoms with Crippen LogP contribution in [-0.2, 0) is 4.79 Å². The van der Waals surface area contributed by atoms with Gasteiger partial charge in [0.2, 0.25) is 5.91 Å². The van der Waals surface area contributed by atoms with Crippen molar-refractivity contribution in [1.29, 1.82) is 0 Å². The van der Waals surface area contributed by atoms with Crippen molar-refractivity contribution >= 4 is 11.9 Å². The molecule has 0 saturated heterocycles. The number of hydrogen-bond acceptors (Lipinski definition) is 4. The molecule has 1 rings (SSSR count). The number of urea groups is 1. The van der Waals surface area contributed by atoms with Crippen molar-refractivity contribution in [2.24, 2.45) is 11.3 Å². The van der Waals surface area contributed by atoms with E-state index in [1.165, 1.54) is 6.42 Å². The first-order chi connectivity index (χ1) is 11.2. The lowest BCUT2D eigenvalue weighted by molar-refractivity contribution is -0.121. The van der Waals surface area contributed by atoms with E-state index in [0.29, 0.717) is 18.9 Å². The molecule has 1 fully saturated rings. The Morgan fingerprint density at radius 2 is 1.88 bits per heavy atom. The van der Waals surface area contributed by atoms with Crippen LogP contribution in [0.1, 0.15) is 59.8 Å². The Hall–Kier alpha value is -1.14. The quantitative estimate of drug-likeness (QED) is 0.662. The van der Waals surface area contributed by atoms with Crippen molar-refractivity contribution in [1.82, 2.24) is 15.5 Å². The average molecular weight is 341 g/mol. The molecule has 0 spiro atoms. The predicted octanol–water partition coefficient (Wildman–Crippen LogP) is 2.12. The molecule has 0 aromatic carbocycles. The highest BCUT2D eigenvalue weighted by atomic mass is 16.3. The maximum absolute atomic E-state index is 12.2. The molecule has 24 heavy (non-hydrogen) atoms. The highest BCUT2D eigenvalue weighted by Crippen LogP contribution is 2.23. The maximum atomic E-state index is 12.2. The van der Waals surface area contributed by atoms with Gasteiger partial charge in [-0.15, -0.1) is 0 Å². The van der Waals surface area contributed by atoms with Gasteiger partial charge in [-0.25, -0.2) is 4.79 Å². The molecule has 1 aliphatic rings. The zero-order valence-electron chi connectivity index (χ0n) is 15.7. The Balaban J connectivity index is 2.44. The monoisotopic (exact) mass is 341 g/mol. The molecule has 2 unspecified atom stereocenters. The first-order valence-electron chi connectivity index (χ1n) is 9.15. The van der Waals surface area contributed by atoms with Crippen LogP contribution in [0.4, 0.5) is 4.79 Å². The van der Waals surface area contributed by atoms with Gasteiger partial charge in [0.05, 0.1) is 6.54 Å². The van der Waals surface area contributed by atoms with Crippen LogP contribution in [0.3, 0.4) is 0 Å². The van der Waals surface area contributed by atoms with Gasteiger partial charge in [-0.1, -0.05) is 40.5 Å². The molecule has 1 aliphatic carbocycles. The van der Waals surface area contributed by atoms with Crippen molar-refractivity contribution in [3.8, 4) is 0 Å². The molecule has 0 radical (unpaired) electrons. The van der Waals surface area contributed by atoms with Crippen molar-refractivity contribution in [2.75, 3.05) is 26.2 Å². The van der Waals surface area contributed by atoms with Crippen LogP contribution >= 0.6 is 0 Å². The van der Waals surface area contributed by atoms with Crippen molar-refractivity contribution < 1.29 is 14.7 Å². The largest absolute Gasteiger partial charge is 0.396 e. The second-order valence-corrected chi connectivity index (χ2v) is 8.24. The molecular weight excluding hydrogens is 306 g/mol. The third kappa shape index (κ3) is 8.64. The summed E-state index contributed by atoms with van der Waals surface area (Å²) < 4.78 is 0.